The average Bonchev–Trinajstić information content (AvgIpc) is 2.53. The molecule has 2 aromatic rings. The van der Waals surface area contributed by atoms with Crippen molar-refractivity contribution in [2.45, 2.75) is 11.1 Å². The molecule has 0 aliphatic rings. The smallest absolute Gasteiger partial charge is 0.279 e. The summed E-state index contributed by atoms with van der Waals surface area (Å²) in [5.74, 6) is 0. The van der Waals surface area contributed by atoms with E-state index in [-0.39, 0.29) is 6.07 Å². The van der Waals surface area contributed by atoms with E-state index < -0.39 is 53.6 Å². The van der Waals surface area contributed by atoms with E-state index in [0.29, 0.717) is 12.1 Å². The van der Waals surface area contributed by atoms with Crippen LogP contribution in [0.25, 0.3) is 0 Å². The fourth-order valence-electron chi connectivity index (χ4n) is 2.00. The highest BCUT2D eigenvalue weighted by Gasteiger charge is 2.37. The second kappa shape index (κ2) is 6.59. The number of sulfonamides is 1. The fourth-order valence-corrected chi connectivity index (χ4v) is 3.26. The Morgan fingerprint density at radius 3 is 2.12 bits per heavy atom. The van der Waals surface area contributed by atoms with Crippen LogP contribution in [0.2, 0.25) is 0 Å². The topological polar surface area (TPSA) is 132 Å². The Morgan fingerprint density at radius 2 is 1.58 bits per heavy atom. The van der Waals surface area contributed by atoms with E-state index in [1.807, 2.05) is 0 Å². The van der Waals surface area contributed by atoms with Gasteiger partial charge in [-0.15, -0.1) is 0 Å². The maximum Gasteiger partial charge on any atom is 0.418 e. The van der Waals surface area contributed by atoms with Gasteiger partial charge in [0.25, 0.3) is 21.4 Å². The highest BCUT2D eigenvalue weighted by Crippen LogP contribution is 2.38. The molecule has 1 N–H and O–H groups in total. The monoisotopic (exact) mass is 391 g/mol. The molecule has 0 saturated heterocycles. The number of non-ortho nitro benzene ring substituents is 1. The van der Waals surface area contributed by atoms with Crippen molar-refractivity contribution in [1.29, 1.82) is 0 Å². The molecular weight excluding hydrogens is 383 g/mol. The van der Waals surface area contributed by atoms with Gasteiger partial charge in [0.05, 0.1) is 21.1 Å². The minimum Gasteiger partial charge on any atom is -0.279 e. The number of halogens is 3. The molecule has 0 bridgehead atoms. The Hall–Kier alpha value is -3.22. The van der Waals surface area contributed by atoms with Gasteiger partial charge in [0, 0.05) is 18.2 Å². The van der Waals surface area contributed by atoms with Gasteiger partial charge < -0.3 is 0 Å². The van der Waals surface area contributed by atoms with E-state index in [1.165, 1.54) is 6.07 Å². The molecular formula is C13H8F3N3O6S. The third-order valence-corrected chi connectivity index (χ3v) is 4.53. The Balaban J connectivity index is 2.58. The number of nitrogens with one attached hydrogen (secondary N) is 1. The van der Waals surface area contributed by atoms with Crippen LogP contribution in [0.15, 0.2) is 47.4 Å². The number of alkyl halides is 3. The summed E-state index contributed by atoms with van der Waals surface area (Å²) in [6, 6.07) is 5.46. The van der Waals surface area contributed by atoms with Crippen LogP contribution in [0, 0.1) is 20.2 Å². The third-order valence-electron chi connectivity index (χ3n) is 3.12. The summed E-state index contributed by atoms with van der Waals surface area (Å²) in [6.45, 7) is 0. The third kappa shape index (κ3) is 3.88. The molecule has 138 valence electrons. The number of rotatable bonds is 5. The predicted molar refractivity (Wildman–Crippen MR) is 82.0 cm³/mol. The minimum absolute atomic E-state index is 0.164. The molecule has 0 radical (unpaired) electrons. The van der Waals surface area contributed by atoms with Crippen molar-refractivity contribution in [2.24, 2.45) is 0 Å². The van der Waals surface area contributed by atoms with Gasteiger partial charge in [0.15, 0.2) is 4.90 Å². The molecule has 9 nitrogen and oxygen atoms in total. The zero-order chi connectivity index (χ0) is 19.7. The molecule has 0 aliphatic heterocycles. The highest BCUT2D eigenvalue weighted by atomic mass is 32.2. The number of benzene rings is 2. The maximum absolute atomic E-state index is 13.1. The molecule has 2 rings (SSSR count). The van der Waals surface area contributed by atoms with Crippen molar-refractivity contribution < 1.29 is 31.4 Å². The lowest BCUT2D eigenvalue weighted by atomic mass is 10.1. The van der Waals surface area contributed by atoms with Crippen LogP contribution in [0.5, 0.6) is 0 Å². The second-order valence-corrected chi connectivity index (χ2v) is 6.47. The van der Waals surface area contributed by atoms with Crippen LogP contribution in [0.1, 0.15) is 5.56 Å². The SMILES string of the molecule is O=[N+]([O-])c1ccc(NS(=O)(=O)c2ccccc2[N+](=O)[O-])c(C(F)(F)F)c1. The number of nitro benzene ring substituents is 2. The Morgan fingerprint density at radius 1 is 0.962 bits per heavy atom. The van der Waals surface area contributed by atoms with Gasteiger partial charge in [-0.2, -0.15) is 13.2 Å². The van der Waals surface area contributed by atoms with Gasteiger partial charge in [-0.25, -0.2) is 8.42 Å². The number of hydrogen-bond donors (Lipinski definition) is 1. The molecule has 0 fully saturated rings. The van der Waals surface area contributed by atoms with E-state index in [0.717, 1.165) is 18.2 Å². The van der Waals surface area contributed by atoms with Gasteiger partial charge in [-0.05, 0) is 12.1 Å². The first-order valence-electron chi connectivity index (χ1n) is 6.55. The van der Waals surface area contributed by atoms with Crippen LogP contribution >= 0.6 is 0 Å². The van der Waals surface area contributed by atoms with Crippen LogP contribution in [-0.4, -0.2) is 18.3 Å². The quantitative estimate of drug-likeness (QED) is 0.614. The lowest BCUT2D eigenvalue weighted by Crippen LogP contribution is -2.18. The number of para-hydroxylation sites is 1. The van der Waals surface area contributed by atoms with Crippen molar-refractivity contribution in [3.63, 3.8) is 0 Å². The second-order valence-electron chi connectivity index (χ2n) is 4.82. The zero-order valence-electron chi connectivity index (χ0n) is 12.4. The highest BCUT2D eigenvalue weighted by molar-refractivity contribution is 7.92. The largest absolute Gasteiger partial charge is 0.418 e. The van der Waals surface area contributed by atoms with Crippen molar-refractivity contribution in [3.8, 4) is 0 Å². The minimum atomic E-state index is -5.10. The Labute approximate surface area is 143 Å². The molecule has 13 heteroatoms. The summed E-state index contributed by atoms with van der Waals surface area (Å²) >= 11 is 0. The first-order valence-corrected chi connectivity index (χ1v) is 8.03. The number of hydrogen-bond acceptors (Lipinski definition) is 6. The van der Waals surface area contributed by atoms with E-state index in [1.54, 1.807) is 4.72 Å². The molecule has 0 saturated carbocycles. The van der Waals surface area contributed by atoms with Crippen molar-refractivity contribution in [1.82, 2.24) is 0 Å². The van der Waals surface area contributed by atoms with Crippen molar-refractivity contribution >= 4 is 27.1 Å². The summed E-state index contributed by atoms with van der Waals surface area (Å²) in [4.78, 5) is 18.6. The predicted octanol–water partition coefficient (Wildman–Crippen LogP) is 3.32. The van der Waals surface area contributed by atoms with Crippen molar-refractivity contribution in [2.75, 3.05) is 4.72 Å². The molecule has 0 spiro atoms. The van der Waals surface area contributed by atoms with Crippen LogP contribution in [0.4, 0.5) is 30.2 Å². The summed E-state index contributed by atoms with van der Waals surface area (Å²) < 4.78 is 65.5. The zero-order valence-corrected chi connectivity index (χ0v) is 13.2. The number of nitro groups is 2. The summed E-state index contributed by atoms with van der Waals surface area (Å²) in [5, 5.41) is 21.6. The average molecular weight is 391 g/mol. The summed E-state index contributed by atoms with van der Waals surface area (Å²) in [7, 11) is -4.77. The molecule has 0 atom stereocenters. The van der Waals surface area contributed by atoms with E-state index in [4.69, 9.17) is 0 Å². The normalized spacial score (nSPS) is 11.8. The number of anilines is 1. The lowest BCUT2D eigenvalue weighted by molar-refractivity contribution is -0.387. The van der Waals surface area contributed by atoms with Crippen LogP contribution in [-0.2, 0) is 16.2 Å². The Bertz CT molecular complexity index is 991. The maximum atomic E-state index is 13.1. The number of nitrogens with zero attached hydrogens (tertiary/aromatic N) is 2. The Kier molecular flexibility index (Phi) is 4.84. The van der Waals surface area contributed by atoms with Crippen molar-refractivity contribution in [3.05, 3.63) is 68.3 Å². The molecule has 2 aromatic carbocycles. The molecule has 0 amide bonds. The molecule has 0 aromatic heterocycles. The van der Waals surface area contributed by atoms with E-state index in [2.05, 4.69) is 0 Å². The standard InChI is InChI=1S/C13H8F3N3O6S/c14-13(15,16)9-7-8(18(20)21)5-6-10(9)17-26(24,25)12-4-2-1-3-11(12)19(22)23/h1-7,17H. The van der Waals surface area contributed by atoms with Crippen LogP contribution < -0.4 is 4.72 Å². The molecule has 26 heavy (non-hydrogen) atoms. The summed E-state index contributed by atoms with van der Waals surface area (Å²) in [6.07, 6.45) is -5.10. The first-order chi connectivity index (χ1) is 11.9. The van der Waals surface area contributed by atoms with Gasteiger partial charge in [-0.1, -0.05) is 12.1 Å². The molecule has 0 unspecified atom stereocenters. The van der Waals surface area contributed by atoms with E-state index in [9.17, 15) is 41.8 Å². The van der Waals surface area contributed by atoms with Gasteiger partial charge in [0.1, 0.15) is 0 Å². The lowest BCUT2D eigenvalue weighted by Gasteiger charge is -2.14. The van der Waals surface area contributed by atoms with Gasteiger partial charge in [-0.3, -0.25) is 25.0 Å². The fraction of sp³-hybridized carbons (Fsp3) is 0.0769. The molecule has 0 heterocycles. The van der Waals surface area contributed by atoms with Gasteiger partial charge in [0.2, 0.25) is 0 Å². The summed E-state index contributed by atoms with van der Waals surface area (Å²) in [5.41, 5.74) is -4.34. The van der Waals surface area contributed by atoms with Crippen LogP contribution in [0.3, 0.4) is 0 Å². The first kappa shape index (κ1) is 19.1. The van der Waals surface area contributed by atoms with Gasteiger partial charge >= 0.3 is 6.18 Å². The van der Waals surface area contributed by atoms with E-state index >= 15 is 0 Å². The molecule has 0 aliphatic carbocycles.